The lowest BCUT2D eigenvalue weighted by molar-refractivity contribution is -0.384. The Balaban J connectivity index is 1.31. The Hall–Kier alpha value is -3.62. The number of non-ortho nitro benzene ring substituents is 1. The van der Waals surface area contributed by atoms with Gasteiger partial charge in [-0.15, -0.1) is 0 Å². The van der Waals surface area contributed by atoms with E-state index in [-0.39, 0.29) is 24.1 Å². The zero-order chi connectivity index (χ0) is 23.9. The van der Waals surface area contributed by atoms with E-state index >= 15 is 0 Å². The highest BCUT2D eigenvalue weighted by atomic mass is 16.6. The molecule has 4 rings (SSSR count). The monoisotopic (exact) mass is 466 g/mol. The van der Waals surface area contributed by atoms with Crippen LogP contribution >= 0.6 is 0 Å². The van der Waals surface area contributed by atoms with E-state index in [2.05, 4.69) is 15.5 Å². The van der Waals surface area contributed by atoms with Crippen LogP contribution in [0.2, 0.25) is 0 Å². The summed E-state index contributed by atoms with van der Waals surface area (Å²) in [6.07, 6.45) is 5.92. The van der Waals surface area contributed by atoms with Gasteiger partial charge in [0.25, 0.3) is 17.5 Å². The van der Waals surface area contributed by atoms with Crippen molar-refractivity contribution in [2.24, 2.45) is 0 Å². The summed E-state index contributed by atoms with van der Waals surface area (Å²) in [6.45, 7) is 2.07. The van der Waals surface area contributed by atoms with Gasteiger partial charge < -0.3 is 20.3 Å². The number of benzene rings is 2. The van der Waals surface area contributed by atoms with Gasteiger partial charge in [-0.05, 0) is 62.3 Å². The molecule has 1 saturated heterocycles. The van der Waals surface area contributed by atoms with Crippen LogP contribution in [0.4, 0.5) is 11.4 Å². The molecular formula is C25H30N4O5. The highest BCUT2D eigenvalue weighted by Crippen LogP contribution is 2.28. The molecule has 1 saturated carbocycles. The molecule has 34 heavy (non-hydrogen) atoms. The predicted molar refractivity (Wildman–Crippen MR) is 128 cm³/mol. The Morgan fingerprint density at radius 3 is 2.47 bits per heavy atom. The van der Waals surface area contributed by atoms with Crippen molar-refractivity contribution in [2.75, 3.05) is 31.1 Å². The largest absolute Gasteiger partial charge is 0.484 e. The number of amides is 2. The van der Waals surface area contributed by atoms with E-state index in [0.717, 1.165) is 56.4 Å². The molecular weight excluding hydrogens is 436 g/mol. The standard InChI is InChI=1S/C25H30N4O5/c30-24(27-19-6-7-19)17-34-21-9-4-18(5-10-21)12-13-26-25(31)22-16-20(29(32)33)8-11-23(22)28-14-2-1-3-15-28/h4-5,8-11,16,19H,1-3,6-7,12-15,17H2,(H,26,31)(H,27,30). The minimum Gasteiger partial charge on any atom is -0.484 e. The SMILES string of the molecule is O=C(COc1ccc(CCNC(=O)c2cc([N+](=O)[O-])ccc2N2CCCCC2)cc1)NC1CC1. The zero-order valence-electron chi connectivity index (χ0n) is 19.1. The van der Waals surface area contributed by atoms with Crippen molar-refractivity contribution >= 4 is 23.2 Å². The molecule has 2 N–H and O–H groups in total. The van der Waals surface area contributed by atoms with E-state index in [9.17, 15) is 19.7 Å². The summed E-state index contributed by atoms with van der Waals surface area (Å²) in [4.78, 5) is 37.6. The second-order valence-electron chi connectivity index (χ2n) is 8.79. The summed E-state index contributed by atoms with van der Waals surface area (Å²) >= 11 is 0. The molecule has 2 aromatic carbocycles. The summed E-state index contributed by atoms with van der Waals surface area (Å²) < 4.78 is 5.51. The number of piperidine rings is 1. The van der Waals surface area contributed by atoms with Crippen LogP contribution in [0.25, 0.3) is 0 Å². The van der Waals surface area contributed by atoms with Gasteiger partial charge in [0.1, 0.15) is 5.75 Å². The first-order valence-corrected chi connectivity index (χ1v) is 11.8. The fourth-order valence-corrected chi connectivity index (χ4v) is 4.04. The Kier molecular flexibility index (Phi) is 7.61. The summed E-state index contributed by atoms with van der Waals surface area (Å²) in [6, 6.07) is 12.2. The minimum absolute atomic E-state index is 0.00549. The third-order valence-electron chi connectivity index (χ3n) is 6.07. The van der Waals surface area contributed by atoms with Gasteiger partial charge in [-0.25, -0.2) is 0 Å². The quantitative estimate of drug-likeness (QED) is 0.411. The molecule has 2 amide bonds. The zero-order valence-corrected chi connectivity index (χ0v) is 19.1. The lowest BCUT2D eigenvalue weighted by Crippen LogP contribution is -2.33. The Bertz CT molecular complexity index is 1030. The number of nitro benzene ring substituents is 1. The molecule has 2 fully saturated rings. The number of hydrogen-bond acceptors (Lipinski definition) is 6. The van der Waals surface area contributed by atoms with Crippen LogP contribution in [-0.4, -0.2) is 49.0 Å². The van der Waals surface area contributed by atoms with Crippen molar-refractivity contribution in [1.29, 1.82) is 0 Å². The van der Waals surface area contributed by atoms with Gasteiger partial charge in [-0.1, -0.05) is 12.1 Å². The Labute approximate surface area is 198 Å². The normalized spacial score (nSPS) is 15.5. The Morgan fingerprint density at radius 1 is 1.06 bits per heavy atom. The molecule has 0 atom stereocenters. The molecule has 2 aromatic rings. The van der Waals surface area contributed by atoms with Gasteiger partial charge in [0.15, 0.2) is 6.61 Å². The van der Waals surface area contributed by atoms with Crippen LogP contribution in [-0.2, 0) is 11.2 Å². The van der Waals surface area contributed by atoms with Gasteiger partial charge in [0, 0.05) is 37.8 Å². The first-order chi connectivity index (χ1) is 16.5. The number of nitrogens with one attached hydrogen (secondary N) is 2. The highest BCUT2D eigenvalue weighted by molar-refractivity contribution is 6.00. The van der Waals surface area contributed by atoms with Crippen molar-refractivity contribution in [3.05, 3.63) is 63.7 Å². The van der Waals surface area contributed by atoms with E-state index in [4.69, 9.17) is 4.74 Å². The molecule has 0 aromatic heterocycles. The minimum atomic E-state index is -0.476. The number of nitro groups is 1. The summed E-state index contributed by atoms with van der Waals surface area (Å²) in [5, 5.41) is 17.0. The second-order valence-corrected chi connectivity index (χ2v) is 8.79. The van der Waals surface area contributed by atoms with Gasteiger partial charge >= 0.3 is 0 Å². The molecule has 180 valence electrons. The molecule has 0 unspecified atom stereocenters. The van der Waals surface area contributed by atoms with Crippen molar-refractivity contribution in [1.82, 2.24) is 10.6 Å². The van der Waals surface area contributed by atoms with Crippen molar-refractivity contribution in [2.45, 2.75) is 44.6 Å². The number of rotatable bonds is 10. The number of carbonyl (C=O) groups excluding carboxylic acids is 2. The smallest absolute Gasteiger partial charge is 0.270 e. The highest BCUT2D eigenvalue weighted by Gasteiger charge is 2.23. The van der Waals surface area contributed by atoms with Gasteiger partial charge in [-0.2, -0.15) is 0 Å². The van der Waals surface area contributed by atoms with Crippen LogP contribution in [0.3, 0.4) is 0 Å². The summed E-state index contributed by atoms with van der Waals surface area (Å²) in [5.41, 5.74) is 2.00. The predicted octanol–water partition coefficient (Wildman–Crippen LogP) is 3.22. The fourth-order valence-electron chi connectivity index (χ4n) is 4.04. The Morgan fingerprint density at radius 2 is 1.79 bits per heavy atom. The number of anilines is 1. The molecule has 1 heterocycles. The third kappa shape index (κ3) is 6.46. The first-order valence-electron chi connectivity index (χ1n) is 11.8. The third-order valence-corrected chi connectivity index (χ3v) is 6.07. The topological polar surface area (TPSA) is 114 Å². The lowest BCUT2D eigenvalue weighted by atomic mass is 10.1. The summed E-state index contributed by atoms with van der Waals surface area (Å²) in [5.74, 6) is 0.187. The van der Waals surface area contributed by atoms with E-state index in [1.165, 1.54) is 12.1 Å². The van der Waals surface area contributed by atoms with Crippen molar-refractivity contribution in [3.63, 3.8) is 0 Å². The van der Waals surface area contributed by atoms with E-state index in [0.29, 0.717) is 30.3 Å². The fraction of sp³-hybridized carbons (Fsp3) is 0.440. The number of ether oxygens (including phenoxy) is 1. The molecule has 1 aliphatic carbocycles. The average molecular weight is 467 g/mol. The van der Waals surface area contributed by atoms with E-state index in [1.807, 2.05) is 12.1 Å². The van der Waals surface area contributed by atoms with Crippen molar-refractivity contribution in [3.8, 4) is 5.75 Å². The van der Waals surface area contributed by atoms with Crippen LogP contribution in [0.5, 0.6) is 5.75 Å². The van der Waals surface area contributed by atoms with Crippen molar-refractivity contribution < 1.29 is 19.2 Å². The maximum absolute atomic E-state index is 12.9. The maximum Gasteiger partial charge on any atom is 0.270 e. The number of nitrogens with zero attached hydrogens (tertiary/aromatic N) is 2. The van der Waals surface area contributed by atoms with Gasteiger partial charge in [0.05, 0.1) is 16.2 Å². The maximum atomic E-state index is 12.9. The molecule has 0 spiro atoms. The number of hydrogen-bond donors (Lipinski definition) is 2. The average Bonchev–Trinajstić information content (AvgIpc) is 3.67. The van der Waals surface area contributed by atoms with Gasteiger partial charge in [-0.3, -0.25) is 19.7 Å². The summed E-state index contributed by atoms with van der Waals surface area (Å²) in [7, 11) is 0. The lowest BCUT2D eigenvalue weighted by Gasteiger charge is -2.30. The van der Waals surface area contributed by atoms with E-state index < -0.39 is 4.92 Å². The molecule has 2 aliphatic rings. The second kappa shape index (κ2) is 11.0. The molecule has 9 heteroatoms. The molecule has 0 radical (unpaired) electrons. The van der Waals surface area contributed by atoms with E-state index in [1.54, 1.807) is 18.2 Å². The van der Waals surface area contributed by atoms with Crippen LogP contribution < -0.4 is 20.3 Å². The molecule has 9 nitrogen and oxygen atoms in total. The number of carbonyl (C=O) groups is 2. The van der Waals surface area contributed by atoms with Gasteiger partial charge in [0.2, 0.25) is 0 Å². The first kappa shape index (κ1) is 23.5. The molecule has 0 bridgehead atoms. The molecule has 1 aliphatic heterocycles. The van der Waals surface area contributed by atoms with Crippen LogP contribution in [0.1, 0.15) is 48.0 Å². The van der Waals surface area contributed by atoms with Crippen LogP contribution in [0.15, 0.2) is 42.5 Å². The van der Waals surface area contributed by atoms with Crippen LogP contribution in [0, 0.1) is 10.1 Å².